The summed E-state index contributed by atoms with van der Waals surface area (Å²) in [6.45, 7) is 8.97. The molecule has 0 radical (unpaired) electrons. The molecule has 1 aromatic rings. The number of nitrogens with two attached hydrogens (primary N) is 2. The number of ketones is 1. The number of benzene rings is 1. The lowest BCUT2D eigenvalue weighted by molar-refractivity contribution is 0.0861. The molecule has 25 heavy (non-hydrogen) atoms. The summed E-state index contributed by atoms with van der Waals surface area (Å²) in [5.41, 5.74) is 11.7. The summed E-state index contributed by atoms with van der Waals surface area (Å²) in [6.07, 6.45) is 0.695. The summed E-state index contributed by atoms with van der Waals surface area (Å²) in [7, 11) is 0. The second kappa shape index (κ2) is 9.85. The van der Waals surface area contributed by atoms with Crippen molar-refractivity contribution in [3.63, 3.8) is 0 Å². The van der Waals surface area contributed by atoms with E-state index in [9.17, 15) is 9.90 Å². The lowest BCUT2D eigenvalue weighted by Crippen LogP contribution is -2.31. The summed E-state index contributed by atoms with van der Waals surface area (Å²) in [5.74, 6) is 1.54. The maximum absolute atomic E-state index is 11.3. The van der Waals surface area contributed by atoms with E-state index in [1.807, 2.05) is 0 Å². The van der Waals surface area contributed by atoms with Gasteiger partial charge < -0.3 is 26.0 Å². The Morgan fingerprint density at radius 3 is 2.28 bits per heavy atom. The van der Waals surface area contributed by atoms with Crippen molar-refractivity contribution in [1.82, 2.24) is 0 Å². The van der Waals surface area contributed by atoms with E-state index >= 15 is 0 Å². The highest BCUT2D eigenvalue weighted by Crippen LogP contribution is 2.43. The number of ether oxygens (including phenoxy) is 2. The minimum Gasteiger partial charge on any atom is -0.485 e. The number of rotatable bonds is 5. The number of aliphatic hydroxyl groups is 1. The summed E-state index contributed by atoms with van der Waals surface area (Å²) >= 11 is 5.95. The van der Waals surface area contributed by atoms with Gasteiger partial charge in [0.05, 0.1) is 17.4 Å². The largest absolute Gasteiger partial charge is 0.485 e. The molecule has 0 amide bonds. The van der Waals surface area contributed by atoms with E-state index in [2.05, 4.69) is 20.8 Å². The third-order valence-corrected chi connectivity index (χ3v) is 4.61. The van der Waals surface area contributed by atoms with Gasteiger partial charge in [0.2, 0.25) is 0 Å². The minimum absolute atomic E-state index is 0.125. The number of halogens is 1. The molecule has 0 fully saturated rings. The molecule has 0 spiro atoms. The Morgan fingerprint density at radius 2 is 1.88 bits per heavy atom. The second-order valence-electron chi connectivity index (χ2n) is 6.36. The predicted octanol–water partition coefficient (Wildman–Crippen LogP) is 2.88. The van der Waals surface area contributed by atoms with Crippen molar-refractivity contribution in [2.75, 3.05) is 25.5 Å². The van der Waals surface area contributed by atoms with Gasteiger partial charge in [-0.05, 0) is 24.8 Å². The molecule has 7 heteroatoms. The molecule has 142 valence electrons. The number of nitrogen functional groups attached to an aromatic ring is 1. The number of carbonyl (C=O) groups excluding carboxylic acids is 1. The first-order chi connectivity index (χ1) is 11.7. The van der Waals surface area contributed by atoms with Crippen LogP contribution < -0.4 is 20.9 Å². The fraction of sp³-hybridized carbons (Fsp3) is 0.611. The lowest BCUT2D eigenvalue weighted by atomic mass is 9.88. The van der Waals surface area contributed by atoms with E-state index in [4.69, 9.17) is 32.5 Å². The first-order valence-electron chi connectivity index (χ1n) is 8.51. The van der Waals surface area contributed by atoms with Gasteiger partial charge in [0.15, 0.2) is 17.3 Å². The predicted molar refractivity (Wildman–Crippen MR) is 101 cm³/mol. The van der Waals surface area contributed by atoms with E-state index in [1.54, 1.807) is 0 Å². The average molecular weight is 373 g/mol. The maximum Gasteiger partial charge on any atom is 0.182 e. The Balaban J connectivity index is 0.000000275. The van der Waals surface area contributed by atoms with Gasteiger partial charge in [0, 0.05) is 6.54 Å². The Hall–Kier alpha value is -1.50. The van der Waals surface area contributed by atoms with E-state index in [0.29, 0.717) is 59.4 Å². The van der Waals surface area contributed by atoms with Crippen molar-refractivity contribution in [1.29, 1.82) is 0 Å². The maximum atomic E-state index is 11.3. The Morgan fingerprint density at radius 1 is 1.32 bits per heavy atom. The van der Waals surface area contributed by atoms with Crippen molar-refractivity contribution >= 4 is 23.1 Å². The highest BCUT2D eigenvalue weighted by atomic mass is 35.5. The summed E-state index contributed by atoms with van der Waals surface area (Å²) in [6, 6.07) is 1.51. The average Bonchev–Trinajstić information content (AvgIpc) is 2.58. The Bertz CT molecular complexity index is 593. The third-order valence-electron chi connectivity index (χ3n) is 4.22. The van der Waals surface area contributed by atoms with Crippen LogP contribution in [0.4, 0.5) is 5.69 Å². The molecule has 1 aliphatic rings. The van der Waals surface area contributed by atoms with Crippen molar-refractivity contribution in [2.45, 2.75) is 40.2 Å². The zero-order valence-electron chi connectivity index (χ0n) is 15.3. The van der Waals surface area contributed by atoms with Crippen molar-refractivity contribution in [3.05, 3.63) is 16.7 Å². The van der Waals surface area contributed by atoms with Crippen LogP contribution in [-0.2, 0) is 0 Å². The molecular weight excluding hydrogens is 344 g/mol. The third kappa shape index (κ3) is 5.49. The van der Waals surface area contributed by atoms with E-state index in [0.717, 1.165) is 6.42 Å². The van der Waals surface area contributed by atoms with Crippen molar-refractivity contribution in [2.24, 2.45) is 17.6 Å². The molecule has 0 bridgehead atoms. The smallest absolute Gasteiger partial charge is 0.182 e. The van der Waals surface area contributed by atoms with Crippen LogP contribution in [0.2, 0.25) is 5.02 Å². The van der Waals surface area contributed by atoms with Gasteiger partial charge in [-0.1, -0.05) is 38.8 Å². The molecule has 0 aromatic heterocycles. The van der Waals surface area contributed by atoms with Crippen LogP contribution in [0.5, 0.6) is 11.5 Å². The summed E-state index contributed by atoms with van der Waals surface area (Å²) < 4.78 is 10.7. The van der Waals surface area contributed by atoms with E-state index in [1.165, 1.54) is 13.0 Å². The molecule has 0 aliphatic carbocycles. The van der Waals surface area contributed by atoms with Crippen LogP contribution in [0.15, 0.2) is 6.07 Å². The van der Waals surface area contributed by atoms with Gasteiger partial charge in [0.25, 0.3) is 0 Å². The molecular formula is C18H29ClN2O4. The Kier molecular flexibility index (Phi) is 8.48. The molecule has 5 N–H and O–H groups in total. The van der Waals surface area contributed by atoms with Crippen molar-refractivity contribution in [3.8, 4) is 11.5 Å². The van der Waals surface area contributed by atoms with Gasteiger partial charge in [-0.15, -0.1) is 0 Å². The highest BCUT2D eigenvalue weighted by molar-refractivity contribution is 6.35. The highest BCUT2D eigenvalue weighted by Gasteiger charge is 2.23. The van der Waals surface area contributed by atoms with Crippen LogP contribution >= 0.6 is 11.6 Å². The first-order valence-corrected chi connectivity index (χ1v) is 8.88. The standard InChI is InChI=1S/C10H10ClNO3.C8H19NO/c1-5(13)6-4-7(12)8(11)10-9(6)14-2-3-15-10;1-4-7(6(2)3)8(10)5-9/h4H,2-3,12H2,1H3;6-8,10H,4-5,9H2,1-3H3/t;7-,8+/m.0/s1. The zero-order chi connectivity index (χ0) is 19.1. The monoisotopic (exact) mass is 372 g/mol. The van der Waals surface area contributed by atoms with Crippen LogP contribution in [0, 0.1) is 11.8 Å². The van der Waals surface area contributed by atoms with Crippen LogP contribution in [0.3, 0.4) is 0 Å². The minimum atomic E-state index is -0.315. The molecule has 2 rings (SSSR count). The van der Waals surface area contributed by atoms with E-state index in [-0.39, 0.29) is 11.9 Å². The molecule has 0 saturated heterocycles. The quantitative estimate of drug-likeness (QED) is 0.541. The molecule has 1 aliphatic heterocycles. The fourth-order valence-corrected chi connectivity index (χ4v) is 3.02. The second-order valence-corrected chi connectivity index (χ2v) is 6.74. The normalized spacial score (nSPS) is 15.2. The number of fused-ring (bicyclic) bond motifs is 1. The topological polar surface area (TPSA) is 108 Å². The van der Waals surface area contributed by atoms with E-state index < -0.39 is 0 Å². The number of aliphatic hydroxyl groups excluding tert-OH is 1. The Labute approximate surface area is 154 Å². The van der Waals surface area contributed by atoms with Crippen LogP contribution in [0.25, 0.3) is 0 Å². The number of Topliss-reactive ketones (excluding diaryl/α,β-unsaturated/α-hetero) is 1. The first kappa shape index (κ1) is 21.5. The molecule has 1 aromatic carbocycles. The summed E-state index contributed by atoms with van der Waals surface area (Å²) in [4.78, 5) is 11.3. The molecule has 0 saturated carbocycles. The van der Waals surface area contributed by atoms with Gasteiger partial charge in [-0.2, -0.15) is 0 Å². The number of hydrogen-bond acceptors (Lipinski definition) is 6. The molecule has 2 atom stereocenters. The van der Waals surface area contributed by atoms with Gasteiger partial charge >= 0.3 is 0 Å². The fourth-order valence-electron chi connectivity index (χ4n) is 2.82. The molecule has 6 nitrogen and oxygen atoms in total. The van der Waals surface area contributed by atoms with Gasteiger partial charge in [0.1, 0.15) is 18.2 Å². The number of hydrogen-bond donors (Lipinski definition) is 3. The van der Waals surface area contributed by atoms with Crippen molar-refractivity contribution < 1.29 is 19.4 Å². The van der Waals surface area contributed by atoms with Gasteiger partial charge in [-0.25, -0.2) is 0 Å². The van der Waals surface area contributed by atoms with Gasteiger partial charge in [-0.3, -0.25) is 4.79 Å². The summed E-state index contributed by atoms with van der Waals surface area (Å²) in [5, 5.41) is 9.66. The lowest BCUT2D eigenvalue weighted by Gasteiger charge is -2.23. The van der Waals surface area contributed by atoms with Crippen LogP contribution in [-0.4, -0.2) is 36.8 Å². The molecule has 0 unspecified atom stereocenters. The molecule has 1 heterocycles. The SMILES string of the molecule is CC(=O)c1cc(N)c(Cl)c2c1OCCO2.CC[C@@H](C(C)C)[C@H](O)CN. The number of carbonyl (C=O) groups is 1. The number of anilines is 1. The zero-order valence-corrected chi connectivity index (χ0v) is 16.1. The van der Waals surface area contributed by atoms with Crippen LogP contribution in [0.1, 0.15) is 44.5 Å².